The molecule has 0 saturated carbocycles. The molecule has 1 rings (SSSR count). The number of hydrogen-bond acceptors (Lipinski definition) is 1. The van der Waals surface area contributed by atoms with Gasteiger partial charge in [-0.05, 0) is 13.8 Å². The van der Waals surface area contributed by atoms with E-state index in [2.05, 4.69) is 0 Å². The molecule has 0 atom stereocenters. The highest BCUT2D eigenvalue weighted by molar-refractivity contribution is 6.44. The number of nitrogens with zero attached hydrogens (tertiary/aromatic N) is 1. The van der Waals surface area contributed by atoms with Crippen molar-refractivity contribution in [2.24, 2.45) is 0 Å². The third-order valence-electron chi connectivity index (χ3n) is 2.57. The van der Waals surface area contributed by atoms with Crippen LogP contribution >= 0.6 is 0 Å². The van der Waals surface area contributed by atoms with Gasteiger partial charge in [-0.3, -0.25) is 0 Å². The summed E-state index contributed by atoms with van der Waals surface area (Å²) in [5.74, 6) is 0. The van der Waals surface area contributed by atoms with Crippen LogP contribution < -0.4 is 0 Å². The summed E-state index contributed by atoms with van der Waals surface area (Å²) in [6, 6.07) is 0.158. The highest BCUT2D eigenvalue weighted by atomic mass is 15.2. The maximum absolute atomic E-state index is 5.94. The Morgan fingerprint density at radius 2 is 1.38 bits per heavy atom. The molecule has 1 aliphatic heterocycles. The van der Waals surface area contributed by atoms with Crippen molar-refractivity contribution >= 4 is 31.4 Å². The fourth-order valence-electron chi connectivity index (χ4n) is 2.24. The maximum Gasteiger partial charge on any atom is 0.0823 e. The van der Waals surface area contributed by atoms with E-state index in [4.69, 9.17) is 31.4 Å². The zero-order valence-electron chi connectivity index (χ0n) is 8.46. The fraction of sp³-hybridized carbons (Fsp3) is 1.00. The molecule has 0 aromatic rings. The molecule has 0 unspecified atom stereocenters. The Balaban J connectivity index is 2.91. The van der Waals surface area contributed by atoms with Crippen molar-refractivity contribution in [1.29, 1.82) is 0 Å². The van der Waals surface area contributed by atoms with E-state index in [1.54, 1.807) is 4.90 Å². The molecule has 13 heavy (non-hydrogen) atoms. The number of hydrogen-bond donors (Lipinski definition) is 0. The van der Waals surface area contributed by atoms with Gasteiger partial charge in [-0.2, -0.15) is 0 Å². The van der Waals surface area contributed by atoms with Gasteiger partial charge in [0.2, 0.25) is 0 Å². The second-order valence-electron chi connectivity index (χ2n) is 4.30. The minimum atomic E-state index is -0.865. The molecule has 8 radical (unpaired) electrons. The van der Waals surface area contributed by atoms with Gasteiger partial charge in [0.15, 0.2) is 0 Å². The smallest absolute Gasteiger partial charge is 0.0823 e. The fourth-order valence-corrected chi connectivity index (χ4v) is 2.24. The molecule has 62 valence electrons. The molecule has 0 aliphatic carbocycles. The minimum absolute atomic E-state index is 0.158. The number of piperidine rings is 1. The van der Waals surface area contributed by atoms with Crippen LogP contribution in [0.3, 0.4) is 0 Å². The molecule has 0 amide bonds. The first-order valence-electron chi connectivity index (χ1n) is 4.72. The van der Waals surface area contributed by atoms with Gasteiger partial charge in [0, 0.05) is 6.04 Å². The molecule has 5 heteroatoms. The summed E-state index contributed by atoms with van der Waals surface area (Å²) >= 11 is 0. The van der Waals surface area contributed by atoms with Crippen LogP contribution in [-0.2, 0) is 0 Å². The lowest BCUT2D eigenvalue weighted by molar-refractivity contribution is 0.0875. The Hall–Kier alpha value is 0.220. The topological polar surface area (TPSA) is 3.24 Å². The van der Waals surface area contributed by atoms with Gasteiger partial charge in [-0.25, -0.2) is 0 Å². The van der Waals surface area contributed by atoms with Crippen molar-refractivity contribution in [2.45, 2.75) is 49.8 Å². The second-order valence-corrected chi connectivity index (χ2v) is 4.30. The quantitative estimate of drug-likeness (QED) is 0.490. The average Bonchev–Trinajstić information content (AvgIpc) is 1.79. The van der Waals surface area contributed by atoms with Crippen molar-refractivity contribution in [2.75, 3.05) is 0 Å². The largest absolute Gasteiger partial charge is 0.323 e. The lowest BCUT2D eigenvalue weighted by Gasteiger charge is -2.57. The predicted octanol–water partition coefficient (Wildman–Crippen LogP) is -0.138. The minimum Gasteiger partial charge on any atom is -0.323 e. The number of rotatable bonds is 1. The lowest BCUT2D eigenvalue weighted by Crippen LogP contribution is -2.67. The van der Waals surface area contributed by atoms with Crippen molar-refractivity contribution in [3.8, 4) is 0 Å². The van der Waals surface area contributed by atoms with Crippen LogP contribution in [0.2, 0.25) is 0 Å². The highest BCUT2D eigenvalue weighted by Crippen LogP contribution is 2.33. The molecule has 1 saturated heterocycles. The van der Waals surface area contributed by atoms with Crippen molar-refractivity contribution in [3.05, 3.63) is 0 Å². The molecule has 1 aliphatic rings. The van der Waals surface area contributed by atoms with E-state index in [9.17, 15) is 0 Å². The number of likely N-dealkylation sites (tertiary alicyclic amines) is 1. The van der Waals surface area contributed by atoms with Crippen LogP contribution in [0.25, 0.3) is 0 Å². The van der Waals surface area contributed by atoms with Gasteiger partial charge in [-0.1, -0.05) is 29.9 Å². The van der Waals surface area contributed by atoms with Crippen LogP contribution in [0.15, 0.2) is 0 Å². The molecule has 1 fully saturated rings. The molecular weight excluding hydrogens is 153 g/mol. The first kappa shape index (κ1) is 11.3. The molecule has 0 N–H and O–H groups in total. The Morgan fingerprint density at radius 3 is 1.62 bits per heavy atom. The first-order valence-corrected chi connectivity index (χ1v) is 4.72. The lowest BCUT2D eigenvalue weighted by atomic mass is 9.46. The van der Waals surface area contributed by atoms with Crippen LogP contribution in [-0.4, -0.2) is 53.0 Å². The van der Waals surface area contributed by atoms with E-state index in [1.165, 1.54) is 0 Å². The summed E-state index contributed by atoms with van der Waals surface area (Å²) < 4.78 is 0. The second kappa shape index (κ2) is 3.42. The van der Waals surface area contributed by atoms with Crippen LogP contribution in [0, 0.1) is 0 Å². The van der Waals surface area contributed by atoms with E-state index in [0.29, 0.717) is 0 Å². The summed E-state index contributed by atoms with van der Waals surface area (Å²) in [4.78, 5) is 1.80. The summed E-state index contributed by atoms with van der Waals surface area (Å²) in [7, 11) is 23.8. The molecule has 1 heterocycles. The Bertz CT molecular complexity index is 175. The third-order valence-corrected chi connectivity index (χ3v) is 2.57. The molecule has 0 spiro atoms. The van der Waals surface area contributed by atoms with E-state index < -0.39 is 10.7 Å². The highest BCUT2D eigenvalue weighted by Gasteiger charge is 2.40. The van der Waals surface area contributed by atoms with Gasteiger partial charge >= 0.3 is 0 Å². The maximum atomic E-state index is 5.94. The van der Waals surface area contributed by atoms with Crippen LogP contribution in [0.4, 0.5) is 0 Å². The summed E-state index contributed by atoms with van der Waals surface area (Å²) in [5, 5.41) is -1.73. The zero-order chi connectivity index (χ0) is 10.3. The average molecular weight is 166 g/mol. The molecule has 0 aromatic heterocycles. The molecule has 0 aromatic carbocycles. The van der Waals surface area contributed by atoms with Crippen molar-refractivity contribution < 1.29 is 0 Å². The summed E-state index contributed by atoms with van der Waals surface area (Å²) in [6.45, 7) is 3.99. The van der Waals surface area contributed by atoms with Gasteiger partial charge in [0.25, 0.3) is 0 Å². The van der Waals surface area contributed by atoms with Gasteiger partial charge in [0.1, 0.15) is 0 Å². The Kier molecular flexibility index (Phi) is 2.97. The van der Waals surface area contributed by atoms with Gasteiger partial charge < -0.3 is 4.90 Å². The normalized spacial score (nSPS) is 27.6. The Morgan fingerprint density at radius 1 is 1.00 bits per heavy atom. The van der Waals surface area contributed by atoms with Crippen LogP contribution in [0.5, 0.6) is 0 Å². The van der Waals surface area contributed by atoms with Crippen molar-refractivity contribution in [1.82, 2.24) is 4.90 Å². The zero-order valence-corrected chi connectivity index (χ0v) is 8.46. The van der Waals surface area contributed by atoms with E-state index in [1.807, 2.05) is 13.8 Å². The van der Waals surface area contributed by atoms with Gasteiger partial charge in [-0.15, -0.1) is 0 Å². The monoisotopic (exact) mass is 167 g/mol. The van der Waals surface area contributed by atoms with E-state index >= 15 is 0 Å². The van der Waals surface area contributed by atoms with Crippen molar-refractivity contribution in [3.63, 3.8) is 0 Å². The molecular formula is C8H13B4N. The predicted molar refractivity (Wildman–Crippen MR) is 59.3 cm³/mol. The first-order chi connectivity index (χ1) is 5.77. The Labute approximate surface area is 86.7 Å². The van der Waals surface area contributed by atoms with Gasteiger partial charge in [0.05, 0.1) is 31.4 Å². The van der Waals surface area contributed by atoms with E-state index in [-0.39, 0.29) is 6.04 Å². The molecule has 1 nitrogen and oxygen atoms in total. The summed E-state index contributed by atoms with van der Waals surface area (Å²) in [6.07, 6.45) is 2.35. The van der Waals surface area contributed by atoms with E-state index in [0.717, 1.165) is 19.3 Å². The SMILES string of the molecule is [B]C1([B])CCCC([B])([B])N1C(C)C. The standard InChI is InChI=1S/C8H13B4N/c1-6(2)13-7(9,10)4-3-5-8(13,11)12/h6H,3-5H2,1-2H3. The molecule has 0 bridgehead atoms. The third kappa shape index (κ3) is 2.18. The van der Waals surface area contributed by atoms with Crippen LogP contribution in [0.1, 0.15) is 33.1 Å². The summed E-state index contributed by atoms with van der Waals surface area (Å²) in [5.41, 5.74) is 0.